The smallest absolute Gasteiger partial charge is 0.0877 e. The first kappa shape index (κ1) is 17.4. The van der Waals surface area contributed by atoms with Gasteiger partial charge in [-0.1, -0.05) is 30.3 Å². The van der Waals surface area contributed by atoms with Crippen LogP contribution in [0.1, 0.15) is 12.0 Å². The fourth-order valence-electron chi connectivity index (χ4n) is 2.26. The van der Waals surface area contributed by atoms with Crippen molar-refractivity contribution in [2.24, 2.45) is 0 Å². The molecule has 0 bridgehead atoms. The summed E-state index contributed by atoms with van der Waals surface area (Å²) < 4.78 is 5.86. The van der Waals surface area contributed by atoms with E-state index in [0.717, 1.165) is 41.5 Å². The molecule has 120 valence electrons. The van der Waals surface area contributed by atoms with Crippen molar-refractivity contribution in [3.05, 3.63) is 58.2 Å². The van der Waals surface area contributed by atoms with Gasteiger partial charge >= 0.3 is 0 Å². The summed E-state index contributed by atoms with van der Waals surface area (Å²) >= 11 is 7.67. The average Bonchev–Trinajstić information content (AvgIpc) is 2.52. The topological polar surface area (TPSA) is 24.5 Å². The molecule has 0 spiro atoms. The summed E-state index contributed by atoms with van der Waals surface area (Å²) in [5.41, 5.74) is 3.49. The first-order valence-electron chi connectivity index (χ1n) is 7.43. The summed E-state index contributed by atoms with van der Waals surface area (Å²) in [5.74, 6) is 0.959. The molecule has 0 aromatic heterocycles. The minimum atomic E-state index is 0.593. The fourth-order valence-corrected chi connectivity index (χ4v) is 3.21. The van der Waals surface area contributed by atoms with Crippen molar-refractivity contribution in [1.82, 2.24) is 10.2 Å². The maximum atomic E-state index is 5.89. The van der Waals surface area contributed by atoms with Gasteiger partial charge in [0.1, 0.15) is 0 Å². The lowest BCUT2D eigenvalue weighted by molar-refractivity contribution is 0.126. The number of ether oxygens (including phenoxy) is 1. The summed E-state index contributed by atoms with van der Waals surface area (Å²) in [6, 6.07) is 7.77. The Balaban J connectivity index is 1.84. The third kappa shape index (κ3) is 5.36. The molecule has 1 aliphatic rings. The zero-order valence-corrected chi connectivity index (χ0v) is 14.6. The van der Waals surface area contributed by atoms with Gasteiger partial charge < -0.3 is 15.0 Å². The quantitative estimate of drug-likeness (QED) is 0.727. The molecule has 0 saturated carbocycles. The summed E-state index contributed by atoms with van der Waals surface area (Å²) in [5, 5.41) is 6.13. The summed E-state index contributed by atoms with van der Waals surface area (Å²) in [7, 11) is 1.98. The minimum Gasteiger partial charge on any atom is -0.371 e. The molecule has 0 fully saturated rings. The Morgan fingerprint density at radius 2 is 2.09 bits per heavy atom. The van der Waals surface area contributed by atoms with Crippen LogP contribution in [-0.2, 0) is 11.3 Å². The van der Waals surface area contributed by atoms with Gasteiger partial charge in [-0.2, -0.15) is 0 Å². The van der Waals surface area contributed by atoms with Gasteiger partial charge in [0.15, 0.2) is 0 Å². The van der Waals surface area contributed by atoms with E-state index in [4.69, 9.17) is 16.3 Å². The van der Waals surface area contributed by atoms with E-state index >= 15 is 0 Å². The molecule has 22 heavy (non-hydrogen) atoms. The van der Waals surface area contributed by atoms with E-state index in [1.807, 2.05) is 31.3 Å². The van der Waals surface area contributed by atoms with E-state index in [1.54, 1.807) is 11.8 Å². The summed E-state index contributed by atoms with van der Waals surface area (Å²) in [6.07, 6.45) is 1.09. The lowest BCUT2D eigenvalue weighted by Gasteiger charge is -2.32. The first-order valence-corrected chi connectivity index (χ1v) is 8.86. The number of thioether (sulfide) groups is 1. The van der Waals surface area contributed by atoms with Crippen molar-refractivity contribution < 1.29 is 4.74 Å². The third-order valence-electron chi connectivity index (χ3n) is 3.44. The standard InChI is InChI=1S/C17H23ClN2OS/c1-14-12-22-13-17(20(14)9-3-8-19-2)11-21-10-15-4-6-16(18)7-5-15/h4-7,13,19H,1,3,8-12H2,2H3. The van der Waals surface area contributed by atoms with Crippen LogP contribution in [0.2, 0.25) is 5.02 Å². The Morgan fingerprint density at radius 3 is 2.82 bits per heavy atom. The largest absolute Gasteiger partial charge is 0.371 e. The van der Waals surface area contributed by atoms with Crippen LogP contribution >= 0.6 is 23.4 Å². The highest BCUT2D eigenvalue weighted by molar-refractivity contribution is 8.02. The highest BCUT2D eigenvalue weighted by atomic mass is 35.5. The van der Waals surface area contributed by atoms with Crippen molar-refractivity contribution >= 4 is 23.4 Å². The maximum absolute atomic E-state index is 5.89. The molecule has 1 aromatic rings. The maximum Gasteiger partial charge on any atom is 0.0877 e. The molecular weight excluding hydrogens is 316 g/mol. The Morgan fingerprint density at radius 1 is 1.32 bits per heavy atom. The number of benzene rings is 1. The van der Waals surface area contributed by atoms with Crippen LogP contribution in [0.3, 0.4) is 0 Å². The number of rotatable bonds is 8. The molecule has 2 rings (SSSR count). The van der Waals surface area contributed by atoms with Gasteiger partial charge in [-0.3, -0.25) is 0 Å². The van der Waals surface area contributed by atoms with E-state index < -0.39 is 0 Å². The fraction of sp³-hybridized carbons (Fsp3) is 0.412. The van der Waals surface area contributed by atoms with Gasteiger partial charge in [-0.15, -0.1) is 11.8 Å². The van der Waals surface area contributed by atoms with E-state index in [0.29, 0.717) is 13.2 Å². The van der Waals surface area contributed by atoms with Gasteiger partial charge in [-0.05, 0) is 43.1 Å². The Bertz CT molecular complexity index is 516. The third-order valence-corrected chi connectivity index (χ3v) is 4.63. The molecule has 1 aliphatic heterocycles. The molecular formula is C17H23ClN2OS. The SMILES string of the molecule is C=C1CSC=C(COCc2ccc(Cl)cc2)N1CCCNC. The number of nitrogens with one attached hydrogen (secondary N) is 1. The summed E-state index contributed by atoms with van der Waals surface area (Å²) in [4.78, 5) is 2.29. The summed E-state index contributed by atoms with van der Waals surface area (Å²) in [6.45, 7) is 7.37. The molecule has 0 amide bonds. The van der Waals surface area contributed by atoms with Gasteiger partial charge in [0.2, 0.25) is 0 Å². The van der Waals surface area contributed by atoms with Crippen LogP contribution in [0.15, 0.2) is 47.6 Å². The number of nitrogens with zero attached hydrogens (tertiary/aromatic N) is 1. The van der Waals surface area contributed by atoms with E-state index in [-0.39, 0.29) is 0 Å². The zero-order chi connectivity index (χ0) is 15.8. The van der Waals surface area contributed by atoms with Gasteiger partial charge in [0.25, 0.3) is 0 Å². The average molecular weight is 339 g/mol. The van der Waals surface area contributed by atoms with Gasteiger partial charge in [0, 0.05) is 23.0 Å². The Kier molecular flexibility index (Phi) is 7.33. The van der Waals surface area contributed by atoms with E-state index in [2.05, 4.69) is 22.2 Å². The van der Waals surface area contributed by atoms with E-state index in [1.165, 1.54) is 5.70 Å². The second kappa shape index (κ2) is 9.26. The lowest BCUT2D eigenvalue weighted by atomic mass is 10.2. The monoisotopic (exact) mass is 338 g/mol. The van der Waals surface area contributed by atoms with E-state index in [9.17, 15) is 0 Å². The normalized spacial score (nSPS) is 15.1. The molecule has 1 aromatic carbocycles. The number of hydrogen-bond donors (Lipinski definition) is 1. The number of halogens is 1. The van der Waals surface area contributed by atoms with Crippen LogP contribution in [0.4, 0.5) is 0 Å². The van der Waals surface area contributed by atoms with Crippen molar-refractivity contribution in [3.63, 3.8) is 0 Å². The number of hydrogen-bond acceptors (Lipinski definition) is 4. The zero-order valence-electron chi connectivity index (χ0n) is 13.0. The molecule has 3 nitrogen and oxygen atoms in total. The van der Waals surface area contributed by atoms with Crippen molar-refractivity contribution in [2.45, 2.75) is 13.0 Å². The second-order valence-corrected chi connectivity index (χ2v) is 6.51. The molecule has 1 heterocycles. The van der Waals surface area contributed by atoms with Crippen molar-refractivity contribution in [2.75, 3.05) is 32.5 Å². The molecule has 0 atom stereocenters. The molecule has 1 N–H and O–H groups in total. The molecule has 5 heteroatoms. The van der Waals surface area contributed by atoms with Crippen LogP contribution in [0, 0.1) is 0 Å². The molecule has 0 aliphatic carbocycles. The Labute approximate surface area is 142 Å². The van der Waals surface area contributed by atoms with Crippen molar-refractivity contribution in [3.8, 4) is 0 Å². The van der Waals surface area contributed by atoms with Crippen LogP contribution in [0.25, 0.3) is 0 Å². The predicted octanol–water partition coefficient (Wildman–Crippen LogP) is 3.87. The first-order chi connectivity index (χ1) is 10.7. The molecule has 0 saturated heterocycles. The highest BCUT2D eigenvalue weighted by Crippen LogP contribution is 2.26. The molecule has 0 radical (unpaired) electrons. The molecule has 0 unspecified atom stereocenters. The van der Waals surface area contributed by atoms with Crippen LogP contribution < -0.4 is 5.32 Å². The lowest BCUT2D eigenvalue weighted by Crippen LogP contribution is -2.30. The Hall–Kier alpha value is -0.940. The van der Waals surface area contributed by atoms with Gasteiger partial charge in [-0.25, -0.2) is 0 Å². The predicted molar refractivity (Wildman–Crippen MR) is 96.0 cm³/mol. The van der Waals surface area contributed by atoms with Crippen LogP contribution in [0.5, 0.6) is 0 Å². The second-order valence-electron chi connectivity index (χ2n) is 5.21. The van der Waals surface area contributed by atoms with Crippen LogP contribution in [-0.4, -0.2) is 37.4 Å². The van der Waals surface area contributed by atoms with Gasteiger partial charge in [0.05, 0.1) is 18.9 Å². The van der Waals surface area contributed by atoms with Crippen molar-refractivity contribution in [1.29, 1.82) is 0 Å². The minimum absolute atomic E-state index is 0.593. The highest BCUT2D eigenvalue weighted by Gasteiger charge is 2.17.